The van der Waals surface area contributed by atoms with Gasteiger partial charge in [0.2, 0.25) is 0 Å². The van der Waals surface area contributed by atoms with Crippen molar-refractivity contribution in [3.8, 4) is 17.2 Å². The smallest absolute Gasteiger partial charge is 0.164 e. The second-order valence-corrected chi connectivity index (χ2v) is 3.26. The molecule has 70 valence electrons. The Morgan fingerprint density at radius 2 is 2.31 bits per heavy atom. The van der Waals surface area contributed by atoms with Gasteiger partial charge in [-0.15, -0.1) is 0 Å². The van der Waals surface area contributed by atoms with Crippen molar-refractivity contribution in [1.29, 1.82) is 0 Å². The summed E-state index contributed by atoms with van der Waals surface area (Å²) < 4.78 is 10.5. The standard InChI is InChI=1S/C10H12O3/c1-6-3-7-4-8(11)10(12-2)5-9(7)13-6/h4-6,11H,3H2,1-2H3/t6-/m1/s1. The minimum atomic E-state index is 0.180. The summed E-state index contributed by atoms with van der Waals surface area (Å²) in [6, 6.07) is 3.44. The van der Waals surface area contributed by atoms with Crippen LogP contribution in [0.4, 0.5) is 0 Å². The number of fused-ring (bicyclic) bond motifs is 1. The Morgan fingerprint density at radius 1 is 1.54 bits per heavy atom. The van der Waals surface area contributed by atoms with Gasteiger partial charge in [-0.25, -0.2) is 0 Å². The van der Waals surface area contributed by atoms with Crippen molar-refractivity contribution in [3.05, 3.63) is 17.7 Å². The van der Waals surface area contributed by atoms with E-state index >= 15 is 0 Å². The van der Waals surface area contributed by atoms with E-state index < -0.39 is 0 Å². The van der Waals surface area contributed by atoms with Gasteiger partial charge in [0.05, 0.1) is 7.11 Å². The van der Waals surface area contributed by atoms with E-state index in [1.807, 2.05) is 6.92 Å². The van der Waals surface area contributed by atoms with Gasteiger partial charge in [-0.3, -0.25) is 0 Å². The zero-order valence-electron chi connectivity index (χ0n) is 7.70. The maximum absolute atomic E-state index is 9.48. The Balaban J connectivity index is 2.44. The van der Waals surface area contributed by atoms with E-state index in [1.54, 1.807) is 12.1 Å². The predicted octanol–water partition coefficient (Wildman–Crippen LogP) is 1.72. The molecule has 0 aromatic heterocycles. The monoisotopic (exact) mass is 180 g/mol. The van der Waals surface area contributed by atoms with Crippen molar-refractivity contribution in [2.45, 2.75) is 19.4 Å². The van der Waals surface area contributed by atoms with Crippen LogP contribution in [0.15, 0.2) is 12.1 Å². The van der Waals surface area contributed by atoms with Crippen molar-refractivity contribution < 1.29 is 14.6 Å². The third-order valence-electron chi connectivity index (χ3n) is 2.20. The first kappa shape index (κ1) is 8.23. The van der Waals surface area contributed by atoms with Crippen LogP contribution >= 0.6 is 0 Å². The molecule has 0 radical (unpaired) electrons. The fraction of sp³-hybridized carbons (Fsp3) is 0.400. The molecule has 1 heterocycles. The molecule has 3 heteroatoms. The molecule has 1 aliphatic rings. The van der Waals surface area contributed by atoms with Crippen molar-refractivity contribution in [3.63, 3.8) is 0 Å². The number of aromatic hydroxyl groups is 1. The summed E-state index contributed by atoms with van der Waals surface area (Å²) in [5, 5.41) is 9.48. The quantitative estimate of drug-likeness (QED) is 0.715. The topological polar surface area (TPSA) is 38.7 Å². The molecule has 13 heavy (non-hydrogen) atoms. The summed E-state index contributed by atoms with van der Waals surface area (Å²) in [5.74, 6) is 1.47. The normalized spacial score (nSPS) is 19.4. The van der Waals surface area contributed by atoms with Crippen LogP contribution in [0.2, 0.25) is 0 Å². The SMILES string of the molecule is COc1cc2c(cc1O)C[C@@H](C)O2. The largest absolute Gasteiger partial charge is 0.504 e. The number of rotatable bonds is 1. The van der Waals surface area contributed by atoms with Crippen LogP contribution < -0.4 is 9.47 Å². The highest BCUT2D eigenvalue weighted by molar-refractivity contribution is 5.51. The zero-order valence-corrected chi connectivity index (χ0v) is 7.70. The summed E-state index contributed by atoms with van der Waals surface area (Å²) in [4.78, 5) is 0. The van der Waals surface area contributed by atoms with Crippen LogP contribution in [0, 0.1) is 0 Å². The molecule has 0 saturated carbocycles. The highest BCUT2D eigenvalue weighted by Crippen LogP contribution is 2.38. The van der Waals surface area contributed by atoms with E-state index in [4.69, 9.17) is 9.47 Å². The Bertz CT molecular complexity index is 333. The van der Waals surface area contributed by atoms with E-state index in [-0.39, 0.29) is 11.9 Å². The van der Waals surface area contributed by atoms with Crippen molar-refractivity contribution in [2.75, 3.05) is 7.11 Å². The number of methoxy groups -OCH3 is 1. The van der Waals surface area contributed by atoms with Gasteiger partial charge in [0, 0.05) is 18.1 Å². The van der Waals surface area contributed by atoms with E-state index in [2.05, 4.69) is 0 Å². The molecule has 0 aliphatic carbocycles. The molecule has 1 aromatic carbocycles. The molecular formula is C10H12O3. The minimum absolute atomic E-state index is 0.180. The maximum atomic E-state index is 9.48. The molecule has 0 amide bonds. The lowest BCUT2D eigenvalue weighted by Crippen LogP contribution is -2.05. The van der Waals surface area contributed by atoms with E-state index in [0.29, 0.717) is 5.75 Å². The molecule has 2 rings (SSSR count). The lowest BCUT2D eigenvalue weighted by atomic mass is 10.1. The van der Waals surface area contributed by atoms with Gasteiger partial charge in [0.1, 0.15) is 11.9 Å². The molecule has 0 spiro atoms. The van der Waals surface area contributed by atoms with Crippen molar-refractivity contribution >= 4 is 0 Å². The molecule has 0 fully saturated rings. The second kappa shape index (κ2) is 2.83. The molecule has 1 aliphatic heterocycles. The van der Waals surface area contributed by atoms with Crippen molar-refractivity contribution in [1.82, 2.24) is 0 Å². The Hall–Kier alpha value is -1.38. The van der Waals surface area contributed by atoms with E-state index in [0.717, 1.165) is 17.7 Å². The first-order valence-corrected chi connectivity index (χ1v) is 4.27. The summed E-state index contributed by atoms with van der Waals surface area (Å²) in [5.41, 5.74) is 1.05. The van der Waals surface area contributed by atoms with Gasteiger partial charge in [-0.2, -0.15) is 0 Å². The maximum Gasteiger partial charge on any atom is 0.164 e. The molecular weight excluding hydrogens is 168 g/mol. The van der Waals surface area contributed by atoms with Gasteiger partial charge in [0.15, 0.2) is 11.5 Å². The van der Waals surface area contributed by atoms with Gasteiger partial charge in [-0.1, -0.05) is 0 Å². The molecule has 0 saturated heterocycles. The molecule has 1 atom stereocenters. The molecule has 0 unspecified atom stereocenters. The van der Waals surface area contributed by atoms with E-state index in [1.165, 1.54) is 7.11 Å². The highest BCUT2D eigenvalue weighted by atomic mass is 16.5. The molecule has 1 aromatic rings. The molecule has 1 N–H and O–H groups in total. The van der Waals surface area contributed by atoms with Gasteiger partial charge >= 0.3 is 0 Å². The predicted molar refractivity (Wildman–Crippen MR) is 48.5 cm³/mol. The Labute approximate surface area is 76.9 Å². The molecule has 0 bridgehead atoms. The van der Waals surface area contributed by atoms with Gasteiger partial charge in [0.25, 0.3) is 0 Å². The number of benzene rings is 1. The number of hydrogen-bond donors (Lipinski definition) is 1. The fourth-order valence-electron chi connectivity index (χ4n) is 1.59. The average molecular weight is 180 g/mol. The summed E-state index contributed by atoms with van der Waals surface area (Å²) >= 11 is 0. The Morgan fingerprint density at radius 3 is 3.00 bits per heavy atom. The Kier molecular flexibility index (Phi) is 1.79. The zero-order chi connectivity index (χ0) is 9.42. The van der Waals surface area contributed by atoms with Crippen LogP contribution in [0.3, 0.4) is 0 Å². The first-order valence-electron chi connectivity index (χ1n) is 4.27. The lowest BCUT2D eigenvalue weighted by molar-refractivity contribution is 0.253. The lowest BCUT2D eigenvalue weighted by Gasteiger charge is -2.06. The number of phenols is 1. The van der Waals surface area contributed by atoms with Crippen LogP contribution in [0.1, 0.15) is 12.5 Å². The van der Waals surface area contributed by atoms with Crippen LogP contribution in [0.5, 0.6) is 17.2 Å². The molecule has 3 nitrogen and oxygen atoms in total. The summed E-state index contributed by atoms with van der Waals surface area (Å²) in [6.07, 6.45) is 1.05. The van der Waals surface area contributed by atoms with Crippen LogP contribution in [-0.2, 0) is 6.42 Å². The average Bonchev–Trinajstić information content (AvgIpc) is 2.42. The van der Waals surface area contributed by atoms with Crippen LogP contribution in [0.25, 0.3) is 0 Å². The summed E-state index contributed by atoms with van der Waals surface area (Å²) in [7, 11) is 1.53. The minimum Gasteiger partial charge on any atom is -0.504 e. The highest BCUT2D eigenvalue weighted by Gasteiger charge is 2.21. The third-order valence-corrected chi connectivity index (χ3v) is 2.20. The number of ether oxygens (including phenoxy) is 2. The third kappa shape index (κ3) is 1.30. The number of hydrogen-bond acceptors (Lipinski definition) is 3. The summed E-state index contributed by atoms with van der Waals surface area (Å²) in [6.45, 7) is 2.00. The van der Waals surface area contributed by atoms with E-state index in [9.17, 15) is 5.11 Å². The van der Waals surface area contributed by atoms with Gasteiger partial charge < -0.3 is 14.6 Å². The fourth-order valence-corrected chi connectivity index (χ4v) is 1.59. The second-order valence-electron chi connectivity index (χ2n) is 3.26. The number of phenolic OH excluding ortho intramolecular Hbond substituents is 1. The first-order chi connectivity index (χ1) is 6.20. The van der Waals surface area contributed by atoms with Crippen molar-refractivity contribution in [2.24, 2.45) is 0 Å². The van der Waals surface area contributed by atoms with Crippen LogP contribution in [-0.4, -0.2) is 18.3 Å². The van der Waals surface area contributed by atoms with Gasteiger partial charge in [-0.05, 0) is 13.0 Å².